The van der Waals surface area contributed by atoms with Gasteiger partial charge >= 0.3 is 0 Å². The minimum atomic E-state index is -0.506. The number of H-pyrrole nitrogens is 1. The molecule has 0 atom stereocenters. The van der Waals surface area contributed by atoms with E-state index in [4.69, 9.17) is 4.74 Å². The monoisotopic (exact) mass is 456 g/mol. The summed E-state index contributed by atoms with van der Waals surface area (Å²) in [4.78, 5) is 28.4. The lowest BCUT2D eigenvalue weighted by Gasteiger charge is -2.06. The normalized spacial score (nSPS) is 12.2. The molecule has 0 saturated carbocycles. The Bertz CT molecular complexity index is 1310. The third-order valence-electron chi connectivity index (χ3n) is 4.25. The molecule has 2 aromatic carbocycles. The van der Waals surface area contributed by atoms with Crippen LogP contribution in [0.4, 0.5) is 4.39 Å². The van der Waals surface area contributed by atoms with Crippen LogP contribution in [0.5, 0.6) is 5.75 Å². The highest BCUT2D eigenvalue weighted by atomic mass is 79.9. The fraction of sp³-hybridized carbons (Fsp3) is 0.0909. The average molecular weight is 457 g/mol. The molecule has 0 aliphatic heterocycles. The summed E-state index contributed by atoms with van der Waals surface area (Å²) in [5.41, 5.74) is -0.129. The van der Waals surface area contributed by atoms with Crippen LogP contribution >= 0.6 is 15.9 Å². The molecule has 1 N–H and O–H groups in total. The molecule has 0 aliphatic carbocycles. The third kappa shape index (κ3) is 4.46. The van der Waals surface area contributed by atoms with E-state index < -0.39 is 16.9 Å². The van der Waals surface area contributed by atoms with Gasteiger partial charge in [0.05, 0.1) is 7.11 Å². The molecule has 0 aliphatic rings. The largest absolute Gasteiger partial charge is 0.496 e. The van der Waals surface area contributed by atoms with E-state index in [1.165, 1.54) is 36.0 Å². The van der Waals surface area contributed by atoms with Crippen molar-refractivity contribution in [1.29, 1.82) is 0 Å². The number of para-hydroxylation sites is 1. The number of benzene rings is 2. The van der Waals surface area contributed by atoms with Crippen LogP contribution in [0.1, 0.15) is 11.1 Å². The molecular formula is C22H18BrFN2O3. The summed E-state index contributed by atoms with van der Waals surface area (Å²) in [5.74, 6) is 0.0599. The smallest absolute Gasteiger partial charge is 0.275 e. The Morgan fingerprint density at radius 3 is 2.66 bits per heavy atom. The van der Waals surface area contributed by atoms with Crippen molar-refractivity contribution in [2.24, 2.45) is 0 Å². The fourth-order valence-electron chi connectivity index (χ4n) is 2.88. The Morgan fingerprint density at radius 2 is 1.93 bits per heavy atom. The maximum Gasteiger partial charge on any atom is 0.275 e. The van der Waals surface area contributed by atoms with E-state index in [0.29, 0.717) is 15.8 Å². The predicted octanol–water partition coefficient (Wildman–Crippen LogP) is 2.29. The molecule has 148 valence electrons. The maximum atomic E-state index is 14.1. The molecule has 0 unspecified atom stereocenters. The zero-order chi connectivity index (χ0) is 21.0. The lowest BCUT2D eigenvalue weighted by atomic mass is 10.2. The van der Waals surface area contributed by atoms with Crippen molar-refractivity contribution in [3.8, 4) is 5.75 Å². The summed E-state index contributed by atoms with van der Waals surface area (Å²) in [5, 5.41) is 0.122. The van der Waals surface area contributed by atoms with Crippen molar-refractivity contribution in [3.63, 3.8) is 0 Å². The van der Waals surface area contributed by atoms with Crippen LogP contribution < -0.4 is 26.6 Å². The lowest BCUT2D eigenvalue weighted by molar-refractivity contribution is 0.414. The minimum absolute atomic E-state index is 0.0222. The van der Waals surface area contributed by atoms with Gasteiger partial charge in [-0.3, -0.25) is 14.2 Å². The zero-order valence-corrected chi connectivity index (χ0v) is 17.2. The number of ether oxygens (including phenoxy) is 1. The molecule has 0 bridgehead atoms. The summed E-state index contributed by atoms with van der Waals surface area (Å²) < 4.78 is 21.4. The molecule has 29 heavy (non-hydrogen) atoms. The standard InChI is InChI=1S/C22H18BrFN2O3/c1-3-10-26-19(13-14-6-4-5-7-20(14)29-2)21(27)25-18(22(26)28)12-15-11-16(23)8-9-17(15)24/h3-9,11-13H,1,10H2,2H3,(H,25,27)/b18-12+,19-13+. The van der Waals surface area contributed by atoms with E-state index in [-0.39, 0.29) is 22.8 Å². The Hall–Kier alpha value is -3.19. The SMILES string of the molecule is C=CCn1c(=O)/c(=C\c2cc(Br)ccc2F)[nH]c(=O)/c1=C\c1ccccc1OC. The number of aromatic nitrogens is 2. The fourth-order valence-corrected chi connectivity index (χ4v) is 3.26. The van der Waals surface area contributed by atoms with Gasteiger partial charge in [0.1, 0.15) is 22.3 Å². The molecule has 0 spiro atoms. The first-order valence-electron chi connectivity index (χ1n) is 8.70. The molecule has 0 amide bonds. The summed E-state index contributed by atoms with van der Waals surface area (Å²) in [6, 6.07) is 11.5. The van der Waals surface area contributed by atoms with Crippen LogP contribution in [0.15, 0.2) is 69.2 Å². The molecule has 1 aromatic heterocycles. The molecular weight excluding hydrogens is 439 g/mol. The van der Waals surface area contributed by atoms with Crippen molar-refractivity contribution in [1.82, 2.24) is 9.55 Å². The molecule has 0 fully saturated rings. The van der Waals surface area contributed by atoms with Gasteiger partial charge < -0.3 is 9.72 Å². The van der Waals surface area contributed by atoms with Crippen LogP contribution in [0.25, 0.3) is 12.2 Å². The molecule has 0 radical (unpaired) electrons. The third-order valence-corrected chi connectivity index (χ3v) is 4.74. The minimum Gasteiger partial charge on any atom is -0.496 e. The number of rotatable bonds is 5. The van der Waals surface area contributed by atoms with E-state index in [0.717, 1.165) is 0 Å². The van der Waals surface area contributed by atoms with Gasteiger partial charge in [-0.2, -0.15) is 0 Å². The van der Waals surface area contributed by atoms with Gasteiger partial charge in [0.2, 0.25) is 0 Å². The second kappa shape index (κ2) is 8.87. The Labute approximate surface area is 174 Å². The predicted molar refractivity (Wildman–Crippen MR) is 115 cm³/mol. The maximum absolute atomic E-state index is 14.1. The summed E-state index contributed by atoms with van der Waals surface area (Å²) in [6.07, 6.45) is 4.41. The van der Waals surface area contributed by atoms with Crippen LogP contribution in [-0.4, -0.2) is 16.7 Å². The summed E-state index contributed by atoms with van der Waals surface area (Å²) >= 11 is 3.27. The van der Waals surface area contributed by atoms with Crippen molar-refractivity contribution in [2.75, 3.05) is 7.11 Å². The first kappa shape index (κ1) is 20.5. The van der Waals surface area contributed by atoms with E-state index in [2.05, 4.69) is 27.5 Å². The summed E-state index contributed by atoms with van der Waals surface area (Å²) in [7, 11) is 1.53. The summed E-state index contributed by atoms with van der Waals surface area (Å²) in [6.45, 7) is 3.78. The number of halogens is 2. The van der Waals surface area contributed by atoms with Gasteiger partial charge in [0, 0.05) is 22.1 Å². The molecule has 7 heteroatoms. The lowest BCUT2D eigenvalue weighted by Crippen LogP contribution is -2.53. The van der Waals surface area contributed by atoms with E-state index >= 15 is 0 Å². The number of hydrogen-bond acceptors (Lipinski definition) is 3. The number of hydrogen-bond donors (Lipinski definition) is 1. The van der Waals surface area contributed by atoms with E-state index in [1.807, 2.05) is 6.07 Å². The zero-order valence-electron chi connectivity index (χ0n) is 15.6. The second-order valence-electron chi connectivity index (χ2n) is 6.15. The van der Waals surface area contributed by atoms with Crippen molar-refractivity contribution in [2.45, 2.75) is 6.54 Å². The van der Waals surface area contributed by atoms with Crippen molar-refractivity contribution < 1.29 is 9.13 Å². The highest BCUT2D eigenvalue weighted by Gasteiger charge is 2.07. The molecule has 3 rings (SSSR count). The van der Waals surface area contributed by atoms with E-state index in [1.54, 1.807) is 30.3 Å². The molecule has 5 nitrogen and oxygen atoms in total. The Morgan fingerprint density at radius 1 is 1.17 bits per heavy atom. The molecule has 1 heterocycles. The topological polar surface area (TPSA) is 64.1 Å². The first-order valence-corrected chi connectivity index (χ1v) is 9.49. The highest BCUT2D eigenvalue weighted by molar-refractivity contribution is 9.10. The van der Waals surface area contributed by atoms with Gasteiger partial charge in [-0.1, -0.05) is 40.2 Å². The number of aromatic amines is 1. The molecule has 0 saturated heterocycles. The van der Waals surface area contributed by atoms with E-state index in [9.17, 15) is 14.0 Å². The van der Waals surface area contributed by atoms with Crippen molar-refractivity contribution in [3.05, 3.63) is 108 Å². The van der Waals surface area contributed by atoms with Gasteiger partial charge in [-0.25, -0.2) is 4.39 Å². The number of allylic oxidation sites excluding steroid dienone is 1. The van der Waals surface area contributed by atoms with Gasteiger partial charge in [-0.15, -0.1) is 6.58 Å². The Balaban J connectivity index is 2.33. The van der Waals surface area contributed by atoms with Gasteiger partial charge in [0.15, 0.2) is 0 Å². The second-order valence-corrected chi connectivity index (χ2v) is 7.07. The number of nitrogens with one attached hydrogen (secondary N) is 1. The first-order chi connectivity index (χ1) is 13.9. The highest BCUT2D eigenvalue weighted by Crippen LogP contribution is 2.17. The Kier molecular flexibility index (Phi) is 6.29. The van der Waals surface area contributed by atoms with Gasteiger partial charge in [0.25, 0.3) is 11.1 Å². The van der Waals surface area contributed by atoms with Crippen LogP contribution in [0.3, 0.4) is 0 Å². The number of nitrogens with zero attached hydrogens (tertiary/aromatic N) is 1. The average Bonchev–Trinajstić information content (AvgIpc) is 2.71. The van der Waals surface area contributed by atoms with Crippen LogP contribution in [-0.2, 0) is 6.54 Å². The quantitative estimate of drug-likeness (QED) is 0.599. The van der Waals surface area contributed by atoms with Crippen LogP contribution in [0.2, 0.25) is 0 Å². The van der Waals surface area contributed by atoms with Crippen LogP contribution in [0, 0.1) is 5.82 Å². The van der Waals surface area contributed by atoms with Crippen molar-refractivity contribution >= 4 is 28.1 Å². The number of methoxy groups -OCH3 is 1. The molecule has 3 aromatic rings. The van der Waals surface area contributed by atoms with Gasteiger partial charge in [-0.05, 0) is 36.4 Å².